The maximum atomic E-state index is 13.9. The van der Waals surface area contributed by atoms with Crippen LogP contribution in [0.4, 0.5) is 17.1 Å². The zero-order chi connectivity index (χ0) is 33.2. The highest BCUT2D eigenvalue weighted by Gasteiger charge is 2.33. The molecule has 0 bridgehead atoms. The van der Waals surface area contributed by atoms with Crippen LogP contribution >= 0.6 is 0 Å². The van der Waals surface area contributed by atoms with E-state index in [-0.39, 0.29) is 21.2 Å². The van der Waals surface area contributed by atoms with E-state index in [1.54, 1.807) is 81.6 Å². The Labute approximate surface area is 267 Å². The maximum absolute atomic E-state index is 13.9. The lowest BCUT2D eigenvalue weighted by molar-refractivity contribution is -0.114. The lowest BCUT2D eigenvalue weighted by Crippen LogP contribution is -2.41. The van der Waals surface area contributed by atoms with Crippen molar-refractivity contribution in [3.8, 4) is 5.69 Å². The Morgan fingerprint density at radius 2 is 1.39 bits per heavy atom. The highest BCUT2D eigenvalue weighted by Crippen LogP contribution is 2.26. The van der Waals surface area contributed by atoms with Gasteiger partial charge in [0.25, 0.3) is 25.6 Å². The number of hydrogen-bond donors (Lipinski definition) is 2. The number of carbonyl (C=O) groups excluding carboxylic acids is 1. The van der Waals surface area contributed by atoms with Crippen LogP contribution in [0.5, 0.6) is 0 Å². The van der Waals surface area contributed by atoms with Gasteiger partial charge in [0, 0.05) is 12.7 Å². The number of aromatic nitrogens is 2. The van der Waals surface area contributed by atoms with E-state index < -0.39 is 38.1 Å². The van der Waals surface area contributed by atoms with Gasteiger partial charge in [-0.05, 0) is 80.9 Å². The topological polar surface area (TPSA) is 140 Å². The highest BCUT2D eigenvalue weighted by atomic mass is 32.2. The van der Waals surface area contributed by atoms with Crippen LogP contribution in [0.1, 0.15) is 16.8 Å². The first-order valence-electron chi connectivity index (χ1n) is 14.2. The van der Waals surface area contributed by atoms with Crippen LogP contribution in [0.25, 0.3) is 5.69 Å². The van der Waals surface area contributed by atoms with E-state index in [2.05, 4.69) is 10.0 Å². The van der Waals surface area contributed by atoms with E-state index in [4.69, 9.17) is 0 Å². The van der Waals surface area contributed by atoms with Gasteiger partial charge in [-0.1, -0.05) is 54.1 Å². The first kappa shape index (κ1) is 32.3. The summed E-state index contributed by atoms with van der Waals surface area (Å²) in [5, 5.41) is 2.63. The summed E-state index contributed by atoms with van der Waals surface area (Å²) in [7, 11) is -6.67. The summed E-state index contributed by atoms with van der Waals surface area (Å²) < 4.78 is 60.2. The molecule has 238 valence electrons. The number of para-hydroxylation sites is 1. The predicted molar refractivity (Wildman–Crippen MR) is 179 cm³/mol. The van der Waals surface area contributed by atoms with Crippen molar-refractivity contribution in [2.75, 3.05) is 20.9 Å². The van der Waals surface area contributed by atoms with Gasteiger partial charge in [0.2, 0.25) is 5.91 Å². The zero-order valence-corrected chi connectivity index (χ0v) is 27.3. The fourth-order valence-electron chi connectivity index (χ4n) is 5.03. The van der Waals surface area contributed by atoms with Crippen molar-refractivity contribution < 1.29 is 21.6 Å². The summed E-state index contributed by atoms with van der Waals surface area (Å²) in [5.74, 6) is -0.738. The Bertz CT molecular complexity index is 2180. The van der Waals surface area contributed by atoms with E-state index in [1.165, 1.54) is 45.8 Å². The fourth-order valence-corrected chi connectivity index (χ4v) is 7.65. The summed E-state index contributed by atoms with van der Waals surface area (Å²) in [4.78, 5) is 27.1. The van der Waals surface area contributed by atoms with Gasteiger partial charge in [0.05, 0.1) is 26.9 Å². The summed E-state index contributed by atoms with van der Waals surface area (Å²) in [6, 6.07) is 27.1. The van der Waals surface area contributed by atoms with Crippen LogP contribution in [-0.2, 0) is 31.9 Å². The third-order valence-corrected chi connectivity index (χ3v) is 10.6. The predicted octanol–water partition coefficient (Wildman–Crippen LogP) is 4.74. The van der Waals surface area contributed by atoms with E-state index >= 15 is 0 Å². The Balaban J connectivity index is 1.44. The van der Waals surface area contributed by atoms with Crippen LogP contribution < -0.4 is 19.9 Å². The molecule has 0 atom stereocenters. The molecule has 11 nitrogen and oxygen atoms in total. The average Bonchev–Trinajstić information content (AvgIpc) is 3.25. The van der Waals surface area contributed by atoms with Gasteiger partial charge in [0.15, 0.2) is 0 Å². The molecule has 0 saturated carbocycles. The fraction of sp³-hybridized carbons (Fsp3) is 0.152. The number of nitrogens with one attached hydrogen (secondary N) is 2. The molecule has 0 radical (unpaired) electrons. The van der Waals surface area contributed by atoms with Crippen molar-refractivity contribution in [1.29, 1.82) is 0 Å². The van der Waals surface area contributed by atoms with Crippen molar-refractivity contribution in [2.45, 2.75) is 30.6 Å². The molecule has 1 aromatic heterocycles. The molecule has 5 aromatic rings. The Hall–Kier alpha value is -5.14. The maximum Gasteiger partial charge on any atom is 0.296 e. The molecule has 1 heterocycles. The minimum absolute atomic E-state index is 0.0277. The molecule has 5 rings (SSSR count). The molecule has 46 heavy (non-hydrogen) atoms. The number of rotatable bonds is 10. The zero-order valence-electron chi connectivity index (χ0n) is 25.6. The summed E-state index contributed by atoms with van der Waals surface area (Å²) in [6.45, 7) is 4.60. The highest BCUT2D eigenvalue weighted by molar-refractivity contribution is 7.93. The van der Waals surface area contributed by atoms with Gasteiger partial charge in [0.1, 0.15) is 12.2 Å². The molecular formula is C33H33N5O6S2. The van der Waals surface area contributed by atoms with E-state index in [0.29, 0.717) is 17.1 Å². The van der Waals surface area contributed by atoms with Gasteiger partial charge in [-0.25, -0.2) is 25.8 Å². The van der Waals surface area contributed by atoms with Gasteiger partial charge < -0.3 is 5.32 Å². The molecule has 13 heteroatoms. The summed E-state index contributed by atoms with van der Waals surface area (Å²) in [6.07, 6.45) is 0. The van der Waals surface area contributed by atoms with E-state index in [0.717, 1.165) is 15.4 Å². The molecule has 0 aliphatic rings. The number of sulfonamides is 2. The minimum Gasteiger partial charge on any atom is -0.325 e. The normalized spacial score (nSPS) is 11.7. The lowest BCUT2D eigenvalue weighted by atomic mass is 10.1. The van der Waals surface area contributed by atoms with Crippen LogP contribution in [0.15, 0.2) is 118 Å². The second-order valence-corrected chi connectivity index (χ2v) is 14.3. The first-order chi connectivity index (χ1) is 21.8. The first-order valence-corrected chi connectivity index (χ1v) is 17.1. The second-order valence-electron chi connectivity index (χ2n) is 10.7. The van der Waals surface area contributed by atoms with Gasteiger partial charge in [-0.2, -0.15) is 0 Å². The number of nitrogens with zero attached hydrogens (tertiary/aromatic N) is 3. The minimum atomic E-state index is -4.38. The SMILES string of the molecule is Cc1ccc(NS(=O)(=O)c2ccc(NC(=O)CN(c3c(C)n(C)n(-c4ccccc4)c3=O)S(=O)(=O)c3ccccc3)cc2)c(C)c1. The lowest BCUT2D eigenvalue weighted by Gasteiger charge is -2.23. The van der Waals surface area contributed by atoms with Gasteiger partial charge in [-0.3, -0.25) is 19.0 Å². The third kappa shape index (κ3) is 6.46. The molecule has 0 saturated heterocycles. The molecule has 0 aliphatic heterocycles. The molecule has 0 spiro atoms. The second kappa shape index (κ2) is 12.7. The van der Waals surface area contributed by atoms with Gasteiger partial charge in [-0.15, -0.1) is 0 Å². The van der Waals surface area contributed by atoms with Crippen molar-refractivity contribution in [2.24, 2.45) is 7.05 Å². The number of aryl methyl sites for hydroxylation is 2. The van der Waals surface area contributed by atoms with Crippen molar-refractivity contribution in [3.63, 3.8) is 0 Å². The Kier molecular flexibility index (Phi) is 8.90. The molecule has 0 aliphatic carbocycles. The monoisotopic (exact) mass is 659 g/mol. The third-order valence-electron chi connectivity index (χ3n) is 7.47. The largest absolute Gasteiger partial charge is 0.325 e. The number of hydrogen-bond acceptors (Lipinski definition) is 6. The molecule has 1 amide bonds. The smallest absolute Gasteiger partial charge is 0.296 e. The standard InChI is InChI=1S/C33H33N5O6S2/c1-23-15-20-30(24(2)21-23)35-45(41,42)28-18-16-26(17-19-28)34-31(39)22-37(46(43,44)29-13-9-6-10-14-29)32-25(3)36(4)38(33(32)40)27-11-7-5-8-12-27/h5-21,35H,22H2,1-4H3,(H,34,39). The molecule has 0 fully saturated rings. The number of carbonyl (C=O) groups is 1. The number of anilines is 3. The number of amides is 1. The van der Waals surface area contributed by atoms with Crippen LogP contribution in [0, 0.1) is 20.8 Å². The van der Waals surface area contributed by atoms with Gasteiger partial charge >= 0.3 is 0 Å². The van der Waals surface area contributed by atoms with Crippen LogP contribution in [-0.4, -0.2) is 38.7 Å². The van der Waals surface area contributed by atoms with Crippen LogP contribution in [0.2, 0.25) is 0 Å². The summed E-state index contributed by atoms with van der Waals surface area (Å²) in [5.41, 5.74) is 2.50. The van der Waals surface area contributed by atoms with E-state index in [1.807, 2.05) is 13.0 Å². The van der Waals surface area contributed by atoms with Crippen molar-refractivity contribution in [3.05, 3.63) is 130 Å². The molecule has 2 N–H and O–H groups in total. The molecule has 0 unspecified atom stereocenters. The Morgan fingerprint density at radius 1 is 0.783 bits per heavy atom. The quantitative estimate of drug-likeness (QED) is 0.222. The van der Waals surface area contributed by atoms with Crippen molar-refractivity contribution in [1.82, 2.24) is 9.36 Å². The summed E-state index contributed by atoms with van der Waals surface area (Å²) >= 11 is 0. The van der Waals surface area contributed by atoms with Crippen molar-refractivity contribution >= 4 is 43.0 Å². The number of benzene rings is 4. The molecule has 4 aromatic carbocycles. The van der Waals surface area contributed by atoms with Crippen LogP contribution in [0.3, 0.4) is 0 Å². The van der Waals surface area contributed by atoms with E-state index in [9.17, 15) is 26.4 Å². The average molecular weight is 660 g/mol. The molecular weight excluding hydrogens is 627 g/mol. The Morgan fingerprint density at radius 3 is 2.00 bits per heavy atom.